The largest absolute Gasteiger partial charge is 0.336 e. The SMILES string of the molecule is CC1(C)CCCN1C(=O)C1(N)CCCC1. The smallest absolute Gasteiger partial charge is 0.243 e. The maximum atomic E-state index is 12.4. The molecule has 1 saturated carbocycles. The molecule has 2 fully saturated rings. The second-order valence-electron chi connectivity index (χ2n) is 5.74. The second kappa shape index (κ2) is 3.48. The molecule has 3 heteroatoms. The molecule has 0 aromatic rings. The molecule has 0 bridgehead atoms. The monoisotopic (exact) mass is 210 g/mol. The molecule has 0 unspecified atom stereocenters. The lowest BCUT2D eigenvalue weighted by Gasteiger charge is -2.37. The van der Waals surface area contributed by atoms with Crippen LogP contribution in [0.5, 0.6) is 0 Å². The summed E-state index contributed by atoms with van der Waals surface area (Å²) in [5.74, 6) is 0.197. The van der Waals surface area contributed by atoms with Crippen LogP contribution in [0, 0.1) is 0 Å². The van der Waals surface area contributed by atoms with Gasteiger partial charge in [-0.2, -0.15) is 0 Å². The molecule has 2 aliphatic rings. The Morgan fingerprint density at radius 3 is 2.20 bits per heavy atom. The van der Waals surface area contributed by atoms with Gasteiger partial charge in [-0.3, -0.25) is 4.79 Å². The highest BCUT2D eigenvalue weighted by Crippen LogP contribution is 2.35. The quantitative estimate of drug-likeness (QED) is 0.715. The van der Waals surface area contributed by atoms with Gasteiger partial charge >= 0.3 is 0 Å². The summed E-state index contributed by atoms with van der Waals surface area (Å²) in [6, 6.07) is 0. The van der Waals surface area contributed by atoms with E-state index >= 15 is 0 Å². The van der Waals surface area contributed by atoms with Crippen LogP contribution >= 0.6 is 0 Å². The van der Waals surface area contributed by atoms with Gasteiger partial charge in [0.2, 0.25) is 5.91 Å². The van der Waals surface area contributed by atoms with Gasteiger partial charge < -0.3 is 10.6 Å². The lowest BCUT2D eigenvalue weighted by Crippen LogP contribution is -2.57. The lowest BCUT2D eigenvalue weighted by atomic mass is 9.94. The van der Waals surface area contributed by atoms with E-state index in [1.165, 1.54) is 0 Å². The van der Waals surface area contributed by atoms with Gasteiger partial charge in [-0.25, -0.2) is 0 Å². The van der Waals surface area contributed by atoms with Crippen molar-refractivity contribution in [3.8, 4) is 0 Å². The molecular formula is C12H22N2O. The lowest BCUT2D eigenvalue weighted by molar-refractivity contribution is -0.140. The van der Waals surface area contributed by atoms with Gasteiger partial charge in [-0.15, -0.1) is 0 Å². The van der Waals surface area contributed by atoms with Crippen molar-refractivity contribution in [1.82, 2.24) is 4.90 Å². The van der Waals surface area contributed by atoms with Gasteiger partial charge in [0, 0.05) is 12.1 Å². The van der Waals surface area contributed by atoms with Gasteiger partial charge in [0.25, 0.3) is 0 Å². The third kappa shape index (κ3) is 1.78. The van der Waals surface area contributed by atoms with E-state index in [1.54, 1.807) is 0 Å². The van der Waals surface area contributed by atoms with Crippen LogP contribution in [-0.4, -0.2) is 28.4 Å². The molecule has 0 atom stereocenters. The molecule has 3 nitrogen and oxygen atoms in total. The first-order valence-electron chi connectivity index (χ1n) is 6.07. The third-order valence-corrected chi connectivity index (χ3v) is 4.07. The van der Waals surface area contributed by atoms with Crippen molar-refractivity contribution >= 4 is 5.91 Å². The minimum atomic E-state index is -0.540. The van der Waals surface area contributed by atoms with Crippen molar-refractivity contribution in [2.24, 2.45) is 5.73 Å². The van der Waals surface area contributed by atoms with Crippen molar-refractivity contribution in [3.05, 3.63) is 0 Å². The number of amides is 1. The van der Waals surface area contributed by atoms with Crippen LogP contribution in [0.1, 0.15) is 52.4 Å². The molecular weight excluding hydrogens is 188 g/mol. The Kier molecular flexibility index (Phi) is 2.53. The Labute approximate surface area is 92.0 Å². The van der Waals surface area contributed by atoms with Crippen LogP contribution in [0.15, 0.2) is 0 Å². The summed E-state index contributed by atoms with van der Waals surface area (Å²) in [5.41, 5.74) is 5.69. The van der Waals surface area contributed by atoms with E-state index in [9.17, 15) is 4.79 Å². The fourth-order valence-corrected chi connectivity index (χ4v) is 2.97. The summed E-state index contributed by atoms with van der Waals surface area (Å²) in [6.45, 7) is 5.19. The van der Waals surface area contributed by atoms with Crippen LogP contribution in [0.25, 0.3) is 0 Å². The molecule has 1 aliphatic heterocycles. The number of nitrogens with zero attached hydrogens (tertiary/aromatic N) is 1. The average molecular weight is 210 g/mol. The zero-order valence-corrected chi connectivity index (χ0v) is 9.88. The van der Waals surface area contributed by atoms with Crippen LogP contribution in [0.2, 0.25) is 0 Å². The van der Waals surface area contributed by atoms with Crippen molar-refractivity contribution in [2.75, 3.05) is 6.54 Å². The summed E-state index contributed by atoms with van der Waals surface area (Å²) in [4.78, 5) is 14.4. The molecule has 1 aliphatic carbocycles. The van der Waals surface area contributed by atoms with E-state index < -0.39 is 5.54 Å². The Balaban J connectivity index is 2.13. The zero-order chi connectivity index (χ0) is 11.1. The van der Waals surface area contributed by atoms with Crippen LogP contribution in [0.4, 0.5) is 0 Å². The predicted octanol–water partition coefficient (Wildman–Crippen LogP) is 1.66. The topological polar surface area (TPSA) is 46.3 Å². The van der Waals surface area contributed by atoms with Crippen LogP contribution in [0.3, 0.4) is 0 Å². The van der Waals surface area contributed by atoms with Gasteiger partial charge in [0.1, 0.15) is 0 Å². The molecule has 1 heterocycles. The molecule has 86 valence electrons. The fraction of sp³-hybridized carbons (Fsp3) is 0.917. The second-order valence-corrected chi connectivity index (χ2v) is 5.74. The predicted molar refractivity (Wildman–Crippen MR) is 60.4 cm³/mol. The summed E-state index contributed by atoms with van der Waals surface area (Å²) in [6.07, 6.45) is 6.19. The average Bonchev–Trinajstić information content (AvgIpc) is 2.72. The normalized spacial score (nSPS) is 28.3. The minimum Gasteiger partial charge on any atom is -0.336 e. The standard InChI is InChI=1S/C12H22N2O/c1-11(2)6-5-9-14(11)10(15)12(13)7-3-4-8-12/h3-9,13H2,1-2H3. The van der Waals surface area contributed by atoms with Gasteiger partial charge in [-0.1, -0.05) is 12.8 Å². The van der Waals surface area contributed by atoms with Crippen molar-refractivity contribution < 1.29 is 4.79 Å². The first-order valence-corrected chi connectivity index (χ1v) is 6.07. The Morgan fingerprint density at radius 2 is 1.73 bits per heavy atom. The van der Waals surface area contributed by atoms with Crippen LogP contribution in [-0.2, 0) is 4.79 Å². The van der Waals surface area contributed by atoms with Crippen molar-refractivity contribution in [1.29, 1.82) is 0 Å². The van der Waals surface area contributed by atoms with E-state index in [0.717, 1.165) is 45.1 Å². The minimum absolute atomic E-state index is 0.0199. The molecule has 0 aromatic heterocycles. The van der Waals surface area contributed by atoms with E-state index in [0.29, 0.717) is 0 Å². The Hall–Kier alpha value is -0.570. The fourth-order valence-electron chi connectivity index (χ4n) is 2.97. The summed E-state index contributed by atoms with van der Waals surface area (Å²) in [7, 11) is 0. The number of carbonyl (C=O) groups excluding carboxylic acids is 1. The van der Waals surface area contributed by atoms with Gasteiger partial charge in [0.05, 0.1) is 5.54 Å². The van der Waals surface area contributed by atoms with E-state index in [4.69, 9.17) is 5.73 Å². The first-order chi connectivity index (χ1) is 6.96. The Bertz CT molecular complexity index is 267. The molecule has 0 aromatic carbocycles. The highest BCUT2D eigenvalue weighted by Gasteiger charge is 2.45. The molecule has 2 N–H and O–H groups in total. The summed E-state index contributed by atoms with van der Waals surface area (Å²) >= 11 is 0. The zero-order valence-electron chi connectivity index (χ0n) is 9.88. The summed E-state index contributed by atoms with van der Waals surface area (Å²) in [5, 5.41) is 0. The van der Waals surface area contributed by atoms with E-state index in [1.807, 2.05) is 4.90 Å². The highest BCUT2D eigenvalue weighted by atomic mass is 16.2. The van der Waals surface area contributed by atoms with Gasteiger partial charge in [0.15, 0.2) is 0 Å². The van der Waals surface area contributed by atoms with E-state index in [-0.39, 0.29) is 11.4 Å². The number of hydrogen-bond donors (Lipinski definition) is 1. The van der Waals surface area contributed by atoms with Crippen molar-refractivity contribution in [3.63, 3.8) is 0 Å². The van der Waals surface area contributed by atoms with Crippen molar-refractivity contribution in [2.45, 2.75) is 63.5 Å². The number of likely N-dealkylation sites (tertiary alicyclic amines) is 1. The van der Waals surface area contributed by atoms with Crippen LogP contribution < -0.4 is 5.73 Å². The molecule has 2 rings (SSSR count). The summed E-state index contributed by atoms with van der Waals surface area (Å²) < 4.78 is 0. The number of rotatable bonds is 1. The van der Waals surface area contributed by atoms with E-state index in [2.05, 4.69) is 13.8 Å². The Morgan fingerprint density at radius 1 is 1.13 bits per heavy atom. The van der Waals surface area contributed by atoms with Gasteiger partial charge in [-0.05, 0) is 39.5 Å². The maximum absolute atomic E-state index is 12.4. The molecule has 15 heavy (non-hydrogen) atoms. The number of nitrogens with two attached hydrogens (primary N) is 1. The molecule has 0 radical (unpaired) electrons. The molecule has 1 amide bonds. The third-order valence-electron chi connectivity index (χ3n) is 4.07. The first kappa shape index (κ1) is 10.9. The number of carbonyl (C=O) groups is 1. The number of hydrogen-bond acceptors (Lipinski definition) is 2. The molecule has 1 saturated heterocycles. The highest BCUT2D eigenvalue weighted by molar-refractivity contribution is 5.87. The molecule has 0 spiro atoms. The maximum Gasteiger partial charge on any atom is 0.243 e.